The minimum atomic E-state index is 0.00950. The summed E-state index contributed by atoms with van der Waals surface area (Å²) in [5.74, 6) is 0.866. The summed E-state index contributed by atoms with van der Waals surface area (Å²) in [6.07, 6.45) is 2.10. The fourth-order valence-corrected chi connectivity index (χ4v) is 2.72. The number of benzene rings is 1. The molecule has 1 heterocycles. The van der Waals surface area contributed by atoms with Crippen molar-refractivity contribution in [1.29, 1.82) is 0 Å². The second-order valence-corrected chi connectivity index (χ2v) is 5.95. The van der Waals surface area contributed by atoms with Crippen LogP contribution in [0, 0.1) is 6.92 Å². The first kappa shape index (κ1) is 15.6. The molecule has 0 saturated carbocycles. The fourth-order valence-electron chi connectivity index (χ4n) is 1.91. The van der Waals surface area contributed by atoms with Gasteiger partial charge < -0.3 is 10.1 Å². The molecule has 0 saturated heterocycles. The van der Waals surface area contributed by atoms with Crippen molar-refractivity contribution in [3.05, 3.63) is 51.7 Å². The number of rotatable bonds is 7. The highest BCUT2D eigenvalue weighted by Crippen LogP contribution is 2.18. The van der Waals surface area contributed by atoms with E-state index >= 15 is 0 Å². The van der Waals surface area contributed by atoms with E-state index in [-0.39, 0.29) is 5.91 Å². The van der Waals surface area contributed by atoms with Gasteiger partial charge in [0.15, 0.2) is 0 Å². The van der Waals surface area contributed by atoms with Crippen molar-refractivity contribution in [2.45, 2.75) is 33.3 Å². The topological polar surface area (TPSA) is 38.3 Å². The maximum absolute atomic E-state index is 11.9. The fraction of sp³-hybridized carbons (Fsp3) is 0.353. The van der Waals surface area contributed by atoms with Gasteiger partial charge in [0.05, 0.1) is 4.88 Å². The lowest BCUT2D eigenvalue weighted by Gasteiger charge is -2.05. The Kier molecular flexibility index (Phi) is 5.81. The van der Waals surface area contributed by atoms with Gasteiger partial charge in [0.1, 0.15) is 12.4 Å². The largest absolute Gasteiger partial charge is 0.489 e. The predicted octanol–water partition coefficient (Wildman–Crippen LogP) is 4.17. The molecule has 0 radical (unpaired) electrons. The van der Waals surface area contributed by atoms with Crippen LogP contribution in [0.1, 0.15) is 40.6 Å². The molecule has 0 atom stereocenters. The van der Waals surface area contributed by atoms with Crippen LogP contribution in [-0.4, -0.2) is 12.5 Å². The second kappa shape index (κ2) is 7.84. The highest BCUT2D eigenvalue weighted by molar-refractivity contribution is 7.12. The lowest BCUT2D eigenvalue weighted by Crippen LogP contribution is -2.23. The standard InChI is InChI=1S/C17H21NO2S/c1-3-4-8-18-17(19)16-10-14(12-21-16)11-20-15-7-5-6-13(2)9-15/h5-7,9-10,12H,3-4,8,11H2,1-2H3,(H,18,19). The van der Waals surface area contributed by atoms with Crippen LogP contribution in [0.4, 0.5) is 0 Å². The molecule has 0 aliphatic carbocycles. The van der Waals surface area contributed by atoms with Crippen molar-refractivity contribution < 1.29 is 9.53 Å². The van der Waals surface area contributed by atoms with Crippen molar-refractivity contribution >= 4 is 17.2 Å². The van der Waals surface area contributed by atoms with Crippen molar-refractivity contribution in [2.24, 2.45) is 0 Å². The average molecular weight is 303 g/mol. The Morgan fingerprint density at radius 1 is 1.33 bits per heavy atom. The van der Waals surface area contributed by atoms with Crippen molar-refractivity contribution in [3.8, 4) is 5.75 Å². The first-order valence-electron chi connectivity index (χ1n) is 7.24. The van der Waals surface area contributed by atoms with E-state index in [9.17, 15) is 4.79 Å². The zero-order chi connectivity index (χ0) is 15.1. The van der Waals surface area contributed by atoms with Crippen LogP contribution in [0.2, 0.25) is 0 Å². The molecule has 0 fully saturated rings. The Morgan fingerprint density at radius 3 is 2.95 bits per heavy atom. The zero-order valence-electron chi connectivity index (χ0n) is 12.5. The number of hydrogen-bond acceptors (Lipinski definition) is 3. The summed E-state index contributed by atoms with van der Waals surface area (Å²) in [6, 6.07) is 9.87. The van der Waals surface area contributed by atoms with Gasteiger partial charge >= 0.3 is 0 Å². The molecule has 4 heteroatoms. The minimum absolute atomic E-state index is 0.00950. The van der Waals surface area contributed by atoms with Crippen LogP contribution in [-0.2, 0) is 6.61 Å². The molecule has 0 aliphatic heterocycles. The highest BCUT2D eigenvalue weighted by atomic mass is 32.1. The van der Waals surface area contributed by atoms with Gasteiger partial charge in [-0.05, 0) is 42.5 Å². The van der Waals surface area contributed by atoms with Gasteiger partial charge in [0, 0.05) is 12.1 Å². The maximum atomic E-state index is 11.9. The third-order valence-electron chi connectivity index (χ3n) is 3.09. The van der Waals surface area contributed by atoms with E-state index in [4.69, 9.17) is 4.74 Å². The Morgan fingerprint density at radius 2 is 2.19 bits per heavy atom. The van der Waals surface area contributed by atoms with E-state index in [0.717, 1.165) is 35.6 Å². The highest BCUT2D eigenvalue weighted by Gasteiger charge is 2.08. The molecule has 3 nitrogen and oxygen atoms in total. The Hall–Kier alpha value is -1.81. The molecular weight excluding hydrogens is 282 g/mol. The first-order valence-corrected chi connectivity index (χ1v) is 8.12. The monoisotopic (exact) mass is 303 g/mol. The van der Waals surface area contributed by atoms with Crippen molar-refractivity contribution in [1.82, 2.24) is 5.32 Å². The summed E-state index contributed by atoms with van der Waals surface area (Å²) in [6.45, 7) is 5.37. The van der Waals surface area contributed by atoms with E-state index in [1.165, 1.54) is 16.9 Å². The van der Waals surface area contributed by atoms with E-state index in [2.05, 4.69) is 12.2 Å². The average Bonchev–Trinajstić information content (AvgIpc) is 2.94. The van der Waals surface area contributed by atoms with Gasteiger partial charge in [-0.2, -0.15) is 0 Å². The number of unbranched alkanes of at least 4 members (excludes halogenated alkanes) is 1. The predicted molar refractivity (Wildman–Crippen MR) is 87.1 cm³/mol. The van der Waals surface area contributed by atoms with Gasteiger partial charge in [0.2, 0.25) is 0 Å². The third-order valence-corrected chi connectivity index (χ3v) is 4.07. The molecule has 2 rings (SSSR count). The molecule has 112 valence electrons. The van der Waals surface area contributed by atoms with Crippen LogP contribution >= 0.6 is 11.3 Å². The molecule has 0 bridgehead atoms. The summed E-state index contributed by atoms with van der Waals surface area (Å²) in [5.41, 5.74) is 2.20. The summed E-state index contributed by atoms with van der Waals surface area (Å²) in [7, 11) is 0. The van der Waals surface area contributed by atoms with E-state index in [1.54, 1.807) is 0 Å². The van der Waals surface area contributed by atoms with Crippen LogP contribution in [0.15, 0.2) is 35.7 Å². The van der Waals surface area contributed by atoms with Crippen molar-refractivity contribution in [2.75, 3.05) is 6.54 Å². The zero-order valence-corrected chi connectivity index (χ0v) is 13.3. The number of nitrogens with one attached hydrogen (secondary N) is 1. The molecule has 1 aromatic heterocycles. The second-order valence-electron chi connectivity index (χ2n) is 5.03. The first-order chi connectivity index (χ1) is 10.2. The lowest BCUT2D eigenvalue weighted by atomic mass is 10.2. The number of carbonyl (C=O) groups is 1. The van der Waals surface area contributed by atoms with Crippen LogP contribution in [0.5, 0.6) is 5.75 Å². The minimum Gasteiger partial charge on any atom is -0.489 e. The van der Waals surface area contributed by atoms with Gasteiger partial charge in [-0.15, -0.1) is 11.3 Å². The quantitative estimate of drug-likeness (QED) is 0.780. The smallest absolute Gasteiger partial charge is 0.261 e. The number of aryl methyl sites for hydroxylation is 1. The normalized spacial score (nSPS) is 10.4. The molecular formula is C17H21NO2S. The van der Waals surface area contributed by atoms with Gasteiger partial charge in [-0.3, -0.25) is 4.79 Å². The third kappa shape index (κ3) is 4.90. The Bertz CT molecular complexity index is 592. The van der Waals surface area contributed by atoms with Crippen LogP contribution < -0.4 is 10.1 Å². The summed E-state index contributed by atoms with van der Waals surface area (Å²) >= 11 is 1.46. The molecule has 21 heavy (non-hydrogen) atoms. The van der Waals surface area contributed by atoms with E-state index < -0.39 is 0 Å². The lowest BCUT2D eigenvalue weighted by molar-refractivity contribution is 0.0957. The molecule has 0 aliphatic rings. The molecule has 2 aromatic rings. The van der Waals surface area contributed by atoms with E-state index in [1.807, 2.05) is 42.6 Å². The number of carbonyl (C=O) groups excluding carboxylic acids is 1. The summed E-state index contributed by atoms with van der Waals surface area (Å²) in [5, 5.41) is 4.90. The van der Waals surface area contributed by atoms with Gasteiger partial charge in [-0.25, -0.2) is 0 Å². The Labute approximate surface area is 130 Å². The summed E-state index contributed by atoms with van der Waals surface area (Å²) < 4.78 is 5.74. The van der Waals surface area contributed by atoms with E-state index in [0.29, 0.717) is 6.61 Å². The number of hydrogen-bond donors (Lipinski definition) is 1. The Balaban J connectivity index is 1.86. The number of thiophene rings is 1. The SMILES string of the molecule is CCCCNC(=O)c1cc(COc2cccc(C)c2)cs1. The maximum Gasteiger partial charge on any atom is 0.261 e. The van der Waals surface area contributed by atoms with Gasteiger partial charge in [0.25, 0.3) is 5.91 Å². The van der Waals surface area contributed by atoms with Crippen LogP contribution in [0.3, 0.4) is 0 Å². The number of amides is 1. The van der Waals surface area contributed by atoms with Crippen molar-refractivity contribution in [3.63, 3.8) is 0 Å². The molecule has 1 aromatic carbocycles. The molecule has 1 amide bonds. The van der Waals surface area contributed by atoms with Gasteiger partial charge in [-0.1, -0.05) is 25.5 Å². The summed E-state index contributed by atoms with van der Waals surface area (Å²) in [4.78, 5) is 12.7. The number of ether oxygens (including phenoxy) is 1. The van der Waals surface area contributed by atoms with Crippen LogP contribution in [0.25, 0.3) is 0 Å². The molecule has 0 unspecified atom stereocenters. The molecule has 0 spiro atoms. The molecule has 1 N–H and O–H groups in total.